The first kappa shape index (κ1) is 20.7. The summed E-state index contributed by atoms with van der Waals surface area (Å²) in [6.45, 7) is 1.27. The molecule has 31 heavy (non-hydrogen) atoms. The number of nitrogens with one attached hydrogen (secondary N) is 1. The minimum Gasteiger partial charge on any atom is -0.493 e. The Labute approximate surface area is 178 Å². The molecule has 0 aliphatic carbocycles. The molecule has 162 valence electrons. The summed E-state index contributed by atoms with van der Waals surface area (Å²) in [4.78, 5) is 32.1. The number of amides is 1. The van der Waals surface area contributed by atoms with E-state index in [1.54, 1.807) is 42.6 Å². The molecule has 1 aliphatic rings. The molecule has 9 heteroatoms. The summed E-state index contributed by atoms with van der Waals surface area (Å²) >= 11 is 0. The van der Waals surface area contributed by atoms with E-state index in [1.807, 2.05) is 19.0 Å². The van der Waals surface area contributed by atoms with Crippen molar-refractivity contribution in [3.8, 4) is 17.4 Å². The molecular formula is C22H24N4O5. The fourth-order valence-electron chi connectivity index (χ4n) is 3.59. The van der Waals surface area contributed by atoms with E-state index < -0.39 is 11.5 Å². The highest BCUT2D eigenvalue weighted by molar-refractivity contribution is 5.77. The SMILES string of the molecule is CN(C)CCNC(=O)CC(c1ccc2c(c1)OCO2)c1c(O)nc2ccccn2c1=O. The lowest BCUT2D eigenvalue weighted by molar-refractivity contribution is -0.121. The standard InChI is InChI=1S/C22H24N4O5/c1-25(2)10-8-23-19(27)12-15(14-6-7-16-17(11-14)31-13-30-16)20-21(28)24-18-5-3-4-9-26(18)22(20)29/h3-7,9,11,15,28H,8,10,12-13H2,1-2H3,(H,23,27). The molecular weight excluding hydrogens is 400 g/mol. The molecule has 9 nitrogen and oxygen atoms in total. The van der Waals surface area contributed by atoms with E-state index in [-0.39, 0.29) is 30.6 Å². The Kier molecular flexibility index (Phi) is 5.77. The third kappa shape index (κ3) is 4.31. The third-order valence-corrected chi connectivity index (χ3v) is 5.17. The van der Waals surface area contributed by atoms with Crippen molar-refractivity contribution in [1.29, 1.82) is 0 Å². The van der Waals surface area contributed by atoms with Gasteiger partial charge < -0.3 is 24.8 Å². The van der Waals surface area contributed by atoms with E-state index in [1.165, 1.54) is 4.40 Å². The Morgan fingerprint density at radius 2 is 2.06 bits per heavy atom. The number of carbonyl (C=O) groups excluding carboxylic acids is 1. The zero-order valence-corrected chi connectivity index (χ0v) is 17.4. The highest BCUT2D eigenvalue weighted by atomic mass is 16.7. The lowest BCUT2D eigenvalue weighted by Gasteiger charge is -2.19. The van der Waals surface area contributed by atoms with Crippen molar-refractivity contribution in [2.75, 3.05) is 34.0 Å². The molecule has 3 aromatic rings. The minimum absolute atomic E-state index is 0.0313. The van der Waals surface area contributed by atoms with Gasteiger partial charge in [0.25, 0.3) is 5.56 Å². The molecule has 1 unspecified atom stereocenters. The van der Waals surface area contributed by atoms with Crippen LogP contribution in [0, 0.1) is 0 Å². The number of hydrogen-bond donors (Lipinski definition) is 2. The molecule has 2 N–H and O–H groups in total. The molecule has 1 amide bonds. The second-order valence-corrected chi connectivity index (χ2v) is 7.61. The Morgan fingerprint density at radius 1 is 1.26 bits per heavy atom. The van der Waals surface area contributed by atoms with Crippen molar-refractivity contribution in [1.82, 2.24) is 19.6 Å². The van der Waals surface area contributed by atoms with Crippen LogP contribution in [0.15, 0.2) is 47.4 Å². The number of fused-ring (bicyclic) bond motifs is 2. The van der Waals surface area contributed by atoms with Gasteiger partial charge >= 0.3 is 0 Å². The predicted octanol–water partition coefficient (Wildman–Crippen LogP) is 1.33. The third-order valence-electron chi connectivity index (χ3n) is 5.17. The van der Waals surface area contributed by atoms with E-state index in [2.05, 4.69) is 10.3 Å². The molecule has 0 saturated carbocycles. The maximum absolute atomic E-state index is 13.3. The normalized spacial score (nSPS) is 13.5. The summed E-state index contributed by atoms with van der Waals surface area (Å²) in [7, 11) is 3.84. The maximum atomic E-state index is 13.3. The average Bonchev–Trinajstić information content (AvgIpc) is 3.20. The summed E-state index contributed by atoms with van der Waals surface area (Å²) < 4.78 is 12.2. The van der Waals surface area contributed by atoms with Crippen LogP contribution >= 0.6 is 0 Å². The molecule has 1 atom stereocenters. The van der Waals surface area contributed by atoms with Crippen LogP contribution in [0.1, 0.15) is 23.5 Å². The Morgan fingerprint density at radius 3 is 2.87 bits per heavy atom. The van der Waals surface area contributed by atoms with E-state index in [9.17, 15) is 14.7 Å². The fraction of sp³-hybridized carbons (Fsp3) is 0.318. The van der Waals surface area contributed by atoms with E-state index in [0.29, 0.717) is 35.8 Å². The number of nitrogens with zero attached hydrogens (tertiary/aromatic N) is 3. The molecule has 0 spiro atoms. The molecule has 1 aliphatic heterocycles. The van der Waals surface area contributed by atoms with Gasteiger partial charge in [0.2, 0.25) is 18.6 Å². The van der Waals surface area contributed by atoms with Crippen LogP contribution in [0.3, 0.4) is 0 Å². The second-order valence-electron chi connectivity index (χ2n) is 7.61. The topological polar surface area (TPSA) is 105 Å². The van der Waals surface area contributed by atoms with Crippen molar-refractivity contribution in [2.45, 2.75) is 12.3 Å². The number of likely N-dealkylation sites (N-methyl/N-ethyl adjacent to an activating group) is 1. The van der Waals surface area contributed by atoms with Crippen LogP contribution < -0.4 is 20.3 Å². The van der Waals surface area contributed by atoms with Gasteiger partial charge in [0.15, 0.2) is 11.5 Å². The highest BCUT2D eigenvalue weighted by Crippen LogP contribution is 2.38. The summed E-state index contributed by atoms with van der Waals surface area (Å²) in [5, 5.41) is 13.5. The van der Waals surface area contributed by atoms with Gasteiger partial charge in [-0.3, -0.25) is 14.0 Å². The summed E-state index contributed by atoms with van der Waals surface area (Å²) in [5.41, 5.74) is 0.614. The smallest absolute Gasteiger partial charge is 0.265 e. The number of rotatable bonds is 7. The summed E-state index contributed by atoms with van der Waals surface area (Å²) in [6, 6.07) is 10.3. The van der Waals surface area contributed by atoms with Crippen LogP contribution in [-0.4, -0.2) is 59.3 Å². The first-order chi connectivity index (χ1) is 14.9. The van der Waals surface area contributed by atoms with Gasteiger partial charge in [0.05, 0.1) is 5.56 Å². The van der Waals surface area contributed by atoms with Crippen LogP contribution in [0.25, 0.3) is 5.65 Å². The largest absolute Gasteiger partial charge is 0.493 e. The molecule has 4 rings (SSSR count). The van der Waals surface area contributed by atoms with Crippen LogP contribution in [0.5, 0.6) is 17.4 Å². The van der Waals surface area contributed by atoms with Gasteiger partial charge in [-0.15, -0.1) is 0 Å². The minimum atomic E-state index is -0.717. The molecule has 0 radical (unpaired) electrons. The molecule has 3 heterocycles. The number of aromatic nitrogens is 2. The lowest BCUT2D eigenvalue weighted by atomic mass is 9.89. The lowest BCUT2D eigenvalue weighted by Crippen LogP contribution is -2.33. The van der Waals surface area contributed by atoms with E-state index >= 15 is 0 Å². The van der Waals surface area contributed by atoms with Crippen LogP contribution in [-0.2, 0) is 4.79 Å². The van der Waals surface area contributed by atoms with Gasteiger partial charge in [-0.1, -0.05) is 12.1 Å². The first-order valence-electron chi connectivity index (χ1n) is 9.95. The predicted molar refractivity (Wildman–Crippen MR) is 114 cm³/mol. The maximum Gasteiger partial charge on any atom is 0.265 e. The zero-order valence-electron chi connectivity index (χ0n) is 17.4. The van der Waals surface area contributed by atoms with Crippen molar-refractivity contribution >= 4 is 11.6 Å². The monoisotopic (exact) mass is 424 g/mol. The number of carbonyl (C=O) groups is 1. The van der Waals surface area contributed by atoms with Crippen molar-refractivity contribution in [2.24, 2.45) is 0 Å². The van der Waals surface area contributed by atoms with E-state index in [0.717, 1.165) is 0 Å². The van der Waals surface area contributed by atoms with Crippen molar-refractivity contribution < 1.29 is 19.4 Å². The average molecular weight is 424 g/mol. The van der Waals surface area contributed by atoms with Gasteiger partial charge in [-0.05, 0) is 43.9 Å². The Balaban J connectivity index is 1.75. The number of benzene rings is 1. The number of ether oxygens (including phenoxy) is 2. The molecule has 0 fully saturated rings. The van der Waals surface area contributed by atoms with Crippen LogP contribution in [0.2, 0.25) is 0 Å². The number of aromatic hydroxyl groups is 1. The number of hydrogen-bond acceptors (Lipinski definition) is 7. The Bertz CT molecular complexity index is 1170. The number of pyridine rings is 1. The summed E-state index contributed by atoms with van der Waals surface area (Å²) in [5.74, 6) is -0.216. The molecule has 0 bridgehead atoms. The van der Waals surface area contributed by atoms with Crippen LogP contribution in [0.4, 0.5) is 0 Å². The molecule has 2 aromatic heterocycles. The van der Waals surface area contributed by atoms with Crippen molar-refractivity contribution in [3.05, 3.63) is 64.1 Å². The molecule has 0 saturated heterocycles. The zero-order chi connectivity index (χ0) is 22.0. The molecule has 1 aromatic carbocycles. The van der Waals surface area contributed by atoms with Crippen molar-refractivity contribution in [3.63, 3.8) is 0 Å². The summed E-state index contributed by atoms with van der Waals surface area (Å²) in [6.07, 6.45) is 1.55. The second kappa shape index (κ2) is 8.65. The quantitative estimate of drug-likeness (QED) is 0.589. The van der Waals surface area contributed by atoms with Gasteiger partial charge in [-0.25, -0.2) is 0 Å². The van der Waals surface area contributed by atoms with Gasteiger partial charge in [0, 0.05) is 31.6 Å². The van der Waals surface area contributed by atoms with Gasteiger partial charge in [-0.2, -0.15) is 4.98 Å². The van der Waals surface area contributed by atoms with Gasteiger partial charge in [0.1, 0.15) is 5.65 Å². The fourth-order valence-corrected chi connectivity index (χ4v) is 3.59. The van der Waals surface area contributed by atoms with E-state index in [4.69, 9.17) is 9.47 Å². The first-order valence-corrected chi connectivity index (χ1v) is 9.95. The Hall–Kier alpha value is -3.59. The highest BCUT2D eigenvalue weighted by Gasteiger charge is 2.28.